The van der Waals surface area contributed by atoms with Crippen molar-refractivity contribution in [3.8, 4) is 33.6 Å². The highest BCUT2D eigenvalue weighted by Crippen LogP contribution is 2.45. The van der Waals surface area contributed by atoms with E-state index in [1.54, 1.807) is 0 Å². The molecule has 0 N–H and O–H groups in total. The van der Waals surface area contributed by atoms with Crippen molar-refractivity contribution in [2.45, 2.75) is 12.8 Å². The first kappa shape index (κ1) is 27.3. The molecule has 7 aromatic carbocycles. The van der Waals surface area contributed by atoms with Crippen molar-refractivity contribution in [2.75, 3.05) is 0 Å². The number of hydrogen-bond donors (Lipinski definition) is 0. The van der Waals surface area contributed by atoms with E-state index in [-0.39, 0.29) is 0 Å². The number of imidazole rings is 1. The smallest absolute Gasteiger partial charge is 0.145 e. The molecule has 1 aromatic heterocycles. The topological polar surface area (TPSA) is 17.8 Å². The molecule has 0 atom stereocenters. The largest absolute Gasteiger partial charge is 0.296 e. The van der Waals surface area contributed by atoms with E-state index in [2.05, 4.69) is 174 Å². The van der Waals surface area contributed by atoms with Crippen LogP contribution in [0.1, 0.15) is 18.4 Å². The third kappa shape index (κ3) is 4.69. The Morgan fingerprint density at radius 2 is 1.02 bits per heavy atom. The van der Waals surface area contributed by atoms with E-state index >= 15 is 0 Å². The van der Waals surface area contributed by atoms with Gasteiger partial charge in [-0.2, -0.15) is 0 Å². The van der Waals surface area contributed by atoms with Crippen LogP contribution in [0.2, 0.25) is 0 Å². The molecule has 0 unspecified atom stereocenters. The van der Waals surface area contributed by atoms with Gasteiger partial charge in [-0.1, -0.05) is 146 Å². The lowest BCUT2D eigenvalue weighted by Gasteiger charge is -2.23. The SMILES string of the molecule is C1=C(c2c3ccccc3c(-c3ccccc3)c3ccc(-c4ccccc4)cc23)CCC(n2c(-c3ccccc3)nc3ccccc32)=C1. The fraction of sp³-hybridized carbons (Fsp3) is 0.0444. The highest BCUT2D eigenvalue weighted by molar-refractivity contribution is 6.19. The minimum Gasteiger partial charge on any atom is -0.296 e. The van der Waals surface area contributed by atoms with E-state index in [0.29, 0.717) is 0 Å². The van der Waals surface area contributed by atoms with Crippen LogP contribution >= 0.6 is 0 Å². The van der Waals surface area contributed by atoms with Gasteiger partial charge in [-0.05, 0) is 92.1 Å². The van der Waals surface area contributed by atoms with E-state index in [1.807, 2.05) is 0 Å². The summed E-state index contributed by atoms with van der Waals surface area (Å²) in [7, 11) is 0. The number of hydrogen-bond acceptors (Lipinski definition) is 1. The monoisotopic (exact) mass is 600 g/mol. The number of aromatic nitrogens is 2. The molecule has 0 radical (unpaired) electrons. The molecule has 47 heavy (non-hydrogen) atoms. The summed E-state index contributed by atoms with van der Waals surface area (Å²) >= 11 is 0. The Kier molecular flexibility index (Phi) is 6.64. The Morgan fingerprint density at radius 1 is 0.426 bits per heavy atom. The van der Waals surface area contributed by atoms with Crippen molar-refractivity contribution in [3.05, 3.63) is 175 Å². The van der Waals surface area contributed by atoms with Crippen molar-refractivity contribution >= 4 is 43.8 Å². The van der Waals surface area contributed by atoms with Gasteiger partial charge in [0.1, 0.15) is 5.82 Å². The lowest BCUT2D eigenvalue weighted by molar-refractivity contribution is 0.972. The summed E-state index contributed by atoms with van der Waals surface area (Å²) in [6.07, 6.45) is 6.54. The summed E-state index contributed by atoms with van der Waals surface area (Å²) in [5.41, 5.74) is 12.3. The molecule has 1 aliphatic rings. The van der Waals surface area contributed by atoms with Gasteiger partial charge in [-0.3, -0.25) is 4.57 Å². The van der Waals surface area contributed by atoms with Crippen LogP contribution in [0.25, 0.3) is 77.5 Å². The second-order valence-corrected chi connectivity index (χ2v) is 12.3. The summed E-state index contributed by atoms with van der Waals surface area (Å²) in [6.45, 7) is 0. The first-order chi connectivity index (χ1) is 23.3. The Hall–Kier alpha value is -5.99. The minimum absolute atomic E-state index is 0.917. The normalized spacial score (nSPS) is 13.2. The second-order valence-electron chi connectivity index (χ2n) is 12.3. The molecule has 0 spiro atoms. The van der Waals surface area contributed by atoms with Gasteiger partial charge in [-0.25, -0.2) is 4.98 Å². The predicted octanol–water partition coefficient (Wildman–Crippen LogP) is 12.1. The minimum atomic E-state index is 0.917. The van der Waals surface area contributed by atoms with Crippen LogP contribution in [0, 0.1) is 0 Å². The van der Waals surface area contributed by atoms with Crippen LogP contribution in [-0.2, 0) is 0 Å². The number of fused-ring (bicyclic) bond motifs is 3. The number of benzene rings is 7. The number of para-hydroxylation sites is 2. The second kappa shape index (κ2) is 11.4. The lowest BCUT2D eigenvalue weighted by atomic mass is 9.83. The molecule has 0 bridgehead atoms. The first-order valence-corrected chi connectivity index (χ1v) is 16.4. The summed E-state index contributed by atoms with van der Waals surface area (Å²) in [5, 5.41) is 5.17. The zero-order valence-corrected chi connectivity index (χ0v) is 26.0. The maximum Gasteiger partial charge on any atom is 0.145 e. The van der Waals surface area contributed by atoms with Crippen molar-refractivity contribution in [3.63, 3.8) is 0 Å². The van der Waals surface area contributed by atoms with Crippen LogP contribution in [0.3, 0.4) is 0 Å². The molecule has 0 saturated carbocycles. The van der Waals surface area contributed by atoms with Crippen molar-refractivity contribution in [2.24, 2.45) is 0 Å². The molecule has 2 heteroatoms. The summed E-state index contributed by atoms with van der Waals surface area (Å²) in [4.78, 5) is 5.10. The lowest BCUT2D eigenvalue weighted by Crippen LogP contribution is -2.04. The third-order valence-corrected chi connectivity index (χ3v) is 9.52. The summed E-state index contributed by atoms with van der Waals surface area (Å²) in [5.74, 6) is 0.991. The van der Waals surface area contributed by atoms with Gasteiger partial charge in [0.05, 0.1) is 11.0 Å². The maximum absolute atomic E-state index is 5.10. The molecule has 1 aliphatic carbocycles. The van der Waals surface area contributed by atoms with Gasteiger partial charge >= 0.3 is 0 Å². The molecule has 222 valence electrons. The molecule has 1 heterocycles. The van der Waals surface area contributed by atoms with Crippen molar-refractivity contribution in [1.29, 1.82) is 0 Å². The molecule has 0 aliphatic heterocycles. The summed E-state index contributed by atoms with van der Waals surface area (Å²) < 4.78 is 2.36. The van der Waals surface area contributed by atoms with Gasteiger partial charge in [0.15, 0.2) is 0 Å². The molecule has 8 aromatic rings. The molecular weight excluding hydrogens is 569 g/mol. The van der Waals surface area contributed by atoms with Crippen molar-refractivity contribution in [1.82, 2.24) is 9.55 Å². The fourth-order valence-corrected chi connectivity index (χ4v) is 7.37. The number of rotatable bonds is 5. The van der Waals surface area contributed by atoms with Gasteiger partial charge in [0.2, 0.25) is 0 Å². The highest BCUT2D eigenvalue weighted by Gasteiger charge is 2.22. The van der Waals surface area contributed by atoms with E-state index in [0.717, 1.165) is 35.3 Å². The van der Waals surface area contributed by atoms with Crippen LogP contribution < -0.4 is 0 Å². The van der Waals surface area contributed by atoms with Crippen LogP contribution in [0.15, 0.2) is 170 Å². The maximum atomic E-state index is 5.10. The van der Waals surface area contributed by atoms with E-state index in [1.165, 1.54) is 60.6 Å². The Balaban J connectivity index is 1.28. The Bertz CT molecular complexity index is 2480. The average Bonchev–Trinajstić information content (AvgIpc) is 3.54. The van der Waals surface area contributed by atoms with E-state index < -0.39 is 0 Å². The number of allylic oxidation sites excluding steroid dienone is 4. The molecular formula is C45H32N2. The number of nitrogens with zero attached hydrogens (tertiary/aromatic N) is 2. The molecule has 0 fully saturated rings. The van der Waals surface area contributed by atoms with Gasteiger partial charge in [0.25, 0.3) is 0 Å². The van der Waals surface area contributed by atoms with Gasteiger partial charge in [0, 0.05) is 11.3 Å². The van der Waals surface area contributed by atoms with Gasteiger partial charge in [-0.15, -0.1) is 0 Å². The summed E-state index contributed by atoms with van der Waals surface area (Å²) in [6, 6.07) is 56.6. The van der Waals surface area contributed by atoms with Gasteiger partial charge < -0.3 is 0 Å². The molecule has 0 saturated heterocycles. The predicted molar refractivity (Wildman–Crippen MR) is 199 cm³/mol. The van der Waals surface area contributed by atoms with Crippen LogP contribution in [0.4, 0.5) is 0 Å². The molecule has 9 rings (SSSR count). The third-order valence-electron chi connectivity index (χ3n) is 9.52. The Labute approximate surface area is 274 Å². The molecule has 2 nitrogen and oxygen atoms in total. The van der Waals surface area contributed by atoms with Crippen LogP contribution in [-0.4, -0.2) is 9.55 Å². The standard InChI is InChI=1S/C45H32N2/c1-4-14-31(15-5-1)35-26-29-39-40(30-35)44(38-21-11-10-20-37(38)43(39)32-16-6-2-7-17-32)33-24-27-36(28-25-33)47-42-23-13-12-22-41(42)46-45(47)34-18-8-3-9-19-34/h1-24,26-27,29-30H,25,28H2. The van der Waals surface area contributed by atoms with Crippen molar-refractivity contribution < 1.29 is 0 Å². The zero-order valence-electron chi connectivity index (χ0n) is 26.0. The molecule has 0 amide bonds. The highest BCUT2D eigenvalue weighted by atomic mass is 15.1. The van der Waals surface area contributed by atoms with E-state index in [9.17, 15) is 0 Å². The quantitative estimate of drug-likeness (QED) is 0.180. The average molecular weight is 601 g/mol. The zero-order chi connectivity index (χ0) is 31.2. The Morgan fingerprint density at radius 3 is 1.72 bits per heavy atom. The van der Waals surface area contributed by atoms with Crippen LogP contribution in [0.5, 0.6) is 0 Å². The fourth-order valence-electron chi connectivity index (χ4n) is 7.37. The first-order valence-electron chi connectivity index (χ1n) is 16.4. The van der Waals surface area contributed by atoms with E-state index in [4.69, 9.17) is 4.98 Å².